The van der Waals surface area contributed by atoms with Crippen LogP contribution in [-0.2, 0) is 4.79 Å². The average Bonchev–Trinajstić information content (AvgIpc) is 3.16. The van der Waals surface area contributed by atoms with Crippen molar-refractivity contribution in [1.29, 1.82) is 0 Å². The smallest absolute Gasteiger partial charge is 0.270 e. The SMILES string of the molecule is CCOc1ccc(-c2csc(NC(=O)C=Cc3cccc([N+](=O)[O-])c3)n2)cc1. The molecule has 8 heteroatoms. The highest BCUT2D eigenvalue weighted by Crippen LogP contribution is 2.26. The number of rotatable bonds is 7. The molecule has 28 heavy (non-hydrogen) atoms. The van der Waals surface area contributed by atoms with Crippen LogP contribution >= 0.6 is 11.3 Å². The molecular weight excluding hydrogens is 378 g/mol. The van der Waals surface area contributed by atoms with Gasteiger partial charge < -0.3 is 4.74 Å². The second-order valence-corrected chi connectivity index (χ2v) is 6.53. The first-order valence-electron chi connectivity index (χ1n) is 8.47. The number of non-ortho nitro benzene ring substituents is 1. The Bertz CT molecular complexity index is 1010. The number of amides is 1. The minimum absolute atomic E-state index is 0.0255. The van der Waals surface area contributed by atoms with E-state index in [1.807, 2.05) is 36.6 Å². The molecule has 142 valence electrons. The molecule has 7 nitrogen and oxygen atoms in total. The van der Waals surface area contributed by atoms with Crippen molar-refractivity contribution in [2.75, 3.05) is 11.9 Å². The number of thiazole rings is 1. The molecule has 0 unspecified atom stereocenters. The number of ether oxygens (including phenoxy) is 1. The fourth-order valence-electron chi connectivity index (χ4n) is 2.41. The number of nitrogens with zero attached hydrogens (tertiary/aromatic N) is 2. The number of carbonyl (C=O) groups is 1. The van der Waals surface area contributed by atoms with Gasteiger partial charge in [0.1, 0.15) is 5.75 Å². The minimum Gasteiger partial charge on any atom is -0.494 e. The van der Waals surface area contributed by atoms with Crippen molar-refractivity contribution < 1.29 is 14.5 Å². The Labute approximate surface area is 165 Å². The van der Waals surface area contributed by atoms with E-state index in [1.165, 1.54) is 35.6 Å². The number of hydrogen-bond donors (Lipinski definition) is 1. The molecule has 3 rings (SSSR count). The van der Waals surface area contributed by atoms with Crippen molar-refractivity contribution in [2.24, 2.45) is 0 Å². The van der Waals surface area contributed by atoms with Gasteiger partial charge in [-0.1, -0.05) is 12.1 Å². The van der Waals surface area contributed by atoms with E-state index in [2.05, 4.69) is 10.3 Å². The van der Waals surface area contributed by atoms with E-state index in [-0.39, 0.29) is 11.6 Å². The van der Waals surface area contributed by atoms with E-state index in [0.29, 0.717) is 17.3 Å². The summed E-state index contributed by atoms with van der Waals surface area (Å²) in [4.78, 5) is 26.8. The van der Waals surface area contributed by atoms with E-state index < -0.39 is 4.92 Å². The largest absolute Gasteiger partial charge is 0.494 e. The van der Waals surface area contributed by atoms with Gasteiger partial charge in [-0.05, 0) is 42.8 Å². The maximum Gasteiger partial charge on any atom is 0.270 e. The lowest BCUT2D eigenvalue weighted by molar-refractivity contribution is -0.384. The monoisotopic (exact) mass is 395 g/mol. The number of nitro benzene ring substituents is 1. The molecule has 0 atom stereocenters. The predicted octanol–water partition coefficient (Wildman–Crippen LogP) is 4.77. The van der Waals surface area contributed by atoms with Gasteiger partial charge >= 0.3 is 0 Å². The number of anilines is 1. The number of nitrogens with one attached hydrogen (secondary N) is 1. The molecule has 0 spiro atoms. The maximum atomic E-state index is 12.1. The summed E-state index contributed by atoms with van der Waals surface area (Å²) in [5, 5.41) is 15.8. The van der Waals surface area contributed by atoms with E-state index in [0.717, 1.165) is 17.0 Å². The number of nitro groups is 1. The van der Waals surface area contributed by atoms with Crippen LogP contribution in [0, 0.1) is 10.1 Å². The van der Waals surface area contributed by atoms with Gasteiger partial charge in [0, 0.05) is 29.2 Å². The lowest BCUT2D eigenvalue weighted by atomic mass is 10.2. The summed E-state index contributed by atoms with van der Waals surface area (Å²) in [5.41, 5.74) is 2.22. The van der Waals surface area contributed by atoms with Gasteiger partial charge in [0.25, 0.3) is 5.69 Å². The van der Waals surface area contributed by atoms with Crippen molar-refractivity contribution in [3.8, 4) is 17.0 Å². The summed E-state index contributed by atoms with van der Waals surface area (Å²) < 4.78 is 5.42. The molecule has 0 saturated heterocycles. The van der Waals surface area contributed by atoms with Crippen LogP contribution in [0.25, 0.3) is 17.3 Å². The lowest BCUT2D eigenvalue weighted by Crippen LogP contribution is -2.07. The van der Waals surface area contributed by atoms with Crippen molar-refractivity contribution >= 4 is 34.1 Å². The summed E-state index contributed by atoms with van der Waals surface area (Å²) in [6, 6.07) is 13.6. The van der Waals surface area contributed by atoms with E-state index in [9.17, 15) is 14.9 Å². The summed E-state index contributed by atoms with van der Waals surface area (Å²) in [5.74, 6) is 0.431. The summed E-state index contributed by atoms with van der Waals surface area (Å²) in [6.45, 7) is 2.53. The van der Waals surface area contributed by atoms with Gasteiger partial charge in [-0.25, -0.2) is 4.98 Å². The molecule has 0 aliphatic carbocycles. The molecule has 0 saturated carbocycles. The molecule has 0 radical (unpaired) electrons. The fraction of sp³-hybridized carbons (Fsp3) is 0.100. The van der Waals surface area contributed by atoms with Crippen molar-refractivity contribution in [2.45, 2.75) is 6.92 Å². The quantitative estimate of drug-likeness (QED) is 0.353. The molecule has 0 aliphatic heterocycles. The molecule has 1 N–H and O–H groups in total. The lowest BCUT2D eigenvalue weighted by Gasteiger charge is -2.03. The fourth-order valence-corrected chi connectivity index (χ4v) is 3.14. The Morgan fingerprint density at radius 2 is 2.07 bits per heavy atom. The van der Waals surface area contributed by atoms with Crippen molar-refractivity contribution in [3.05, 3.63) is 75.7 Å². The number of carbonyl (C=O) groups excluding carboxylic acids is 1. The molecule has 0 aliphatic rings. The Morgan fingerprint density at radius 1 is 1.29 bits per heavy atom. The molecule has 2 aromatic carbocycles. The predicted molar refractivity (Wildman–Crippen MR) is 109 cm³/mol. The van der Waals surface area contributed by atoms with E-state index in [4.69, 9.17) is 4.74 Å². The molecule has 1 amide bonds. The zero-order valence-corrected chi connectivity index (χ0v) is 15.8. The number of hydrogen-bond acceptors (Lipinski definition) is 6. The van der Waals surface area contributed by atoms with Gasteiger partial charge in [-0.2, -0.15) is 0 Å². The standard InChI is InChI=1S/C20H17N3O4S/c1-2-27-17-9-7-15(8-10-17)18-13-28-20(21-18)22-19(24)11-6-14-4-3-5-16(12-14)23(25)26/h3-13H,2H2,1H3,(H,21,22,24). The Morgan fingerprint density at radius 3 is 2.79 bits per heavy atom. The third-order valence-electron chi connectivity index (χ3n) is 3.70. The molecule has 0 bridgehead atoms. The second-order valence-electron chi connectivity index (χ2n) is 5.67. The summed E-state index contributed by atoms with van der Waals surface area (Å²) in [6.07, 6.45) is 2.83. The highest BCUT2D eigenvalue weighted by molar-refractivity contribution is 7.14. The van der Waals surface area contributed by atoms with E-state index in [1.54, 1.807) is 12.1 Å². The van der Waals surface area contributed by atoms with Crippen LogP contribution in [-0.4, -0.2) is 22.4 Å². The first-order chi connectivity index (χ1) is 13.5. The molecule has 0 fully saturated rings. The van der Waals surface area contributed by atoms with Crippen LogP contribution in [0.3, 0.4) is 0 Å². The number of benzene rings is 2. The minimum atomic E-state index is -0.477. The van der Waals surface area contributed by atoms with Gasteiger partial charge in [0.2, 0.25) is 5.91 Å². The molecule has 1 aromatic heterocycles. The van der Waals surface area contributed by atoms with E-state index >= 15 is 0 Å². The van der Waals surface area contributed by atoms with Gasteiger partial charge in [-0.15, -0.1) is 11.3 Å². The van der Waals surface area contributed by atoms with Crippen LogP contribution in [0.1, 0.15) is 12.5 Å². The summed E-state index contributed by atoms with van der Waals surface area (Å²) >= 11 is 1.32. The zero-order valence-electron chi connectivity index (χ0n) is 15.0. The van der Waals surface area contributed by atoms with Crippen LogP contribution in [0.15, 0.2) is 60.0 Å². The Balaban J connectivity index is 1.63. The van der Waals surface area contributed by atoms with Crippen molar-refractivity contribution in [1.82, 2.24) is 4.98 Å². The Kier molecular flexibility index (Phi) is 6.13. The third-order valence-corrected chi connectivity index (χ3v) is 4.46. The molecular formula is C20H17N3O4S. The van der Waals surface area contributed by atoms with Crippen LogP contribution in [0.2, 0.25) is 0 Å². The van der Waals surface area contributed by atoms with Gasteiger partial charge in [0.05, 0.1) is 17.2 Å². The normalized spacial score (nSPS) is 10.8. The molecule has 3 aromatic rings. The zero-order chi connectivity index (χ0) is 19.9. The maximum absolute atomic E-state index is 12.1. The topological polar surface area (TPSA) is 94.4 Å². The van der Waals surface area contributed by atoms with Crippen LogP contribution in [0.4, 0.5) is 10.8 Å². The third kappa shape index (κ3) is 5.01. The molecule has 1 heterocycles. The van der Waals surface area contributed by atoms with Gasteiger partial charge in [0.15, 0.2) is 5.13 Å². The number of aromatic nitrogens is 1. The summed E-state index contributed by atoms with van der Waals surface area (Å²) in [7, 11) is 0. The first kappa shape index (κ1) is 19.2. The van der Waals surface area contributed by atoms with Crippen molar-refractivity contribution in [3.63, 3.8) is 0 Å². The average molecular weight is 395 g/mol. The van der Waals surface area contributed by atoms with Crippen LogP contribution in [0.5, 0.6) is 5.75 Å². The van der Waals surface area contributed by atoms with Crippen LogP contribution < -0.4 is 10.1 Å². The first-order valence-corrected chi connectivity index (χ1v) is 9.35. The second kappa shape index (κ2) is 8.92. The highest BCUT2D eigenvalue weighted by atomic mass is 32.1. The Hall–Kier alpha value is -3.52. The highest BCUT2D eigenvalue weighted by Gasteiger charge is 2.08. The van der Waals surface area contributed by atoms with Gasteiger partial charge in [-0.3, -0.25) is 20.2 Å².